The van der Waals surface area contributed by atoms with Crippen molar-refractivity contribution in [2.75, 3.05) is 26.3 Å². The Balaban J connectivity index is 1.47. The van der Waals surface area contributed by atoms with Crippen LogP contribution in [0.3, 0.4) is 0 Å². The molecule has 0 bridgehead atoms. The highest BCUT2D eigenvalue weighted by Crippen LogP contribution is 2.22. The summed E-state index contributed by atoms with van der Waals surface area (Å²) < 4.78 is 35.3. The van der Waals surface area contributed by atoms with E-state index in [1.807, 2.05) is 0 Å². The van der Waals surface area contributed by atoms with Crippen LogP contribution >= 0.6 is 22.9 Å². The zero-order valence-electron chi connectivity index (χ0n) is 17.1. The zero-order chi connectivity index (χ0) is 22.7. The number of benzene rings is 2. The average molecular weight is 496 g/mol. The molecule has 1 aliphatic rings. The Morgan fingerprint density at radius 2 is 1.84 bits per heavy atom. The van der Waals surface area contributed by atoms with Crippen molar-refractivity contribution in [3.8, 4) is 0 Å². The summed E-state index contributed by atoms with van der Waals surface area (Å²) >= 11 is 6.82. The minimum Gasteiger partial charge on any atom is -0.378 e. The summed E-state index contributed by atoms with van der Waals surface area (Å²) in [6.07, 6.45) is 0.203. The predicted octanol–water partition coefficient (Wildman–Crippen LogP) is 2.44. The van der Waals surface area contributed by atoms with E-state index in [2.05, 4.69) is 4.72 Å². The second kappa shape index (κ2) is 9.72. The highest BCUT2D eigenvalue weighted by atomic mass is 35.5. The van der Waals surface area contributed by atoms with Gasteiger partial charge in [-0.3, -0.25) is 14.2 Å². The summed E-state index contributed by atoms with van der Waals surface area (Å²) in [5.74, 6) is -0.0230. The zero-order valence-corrected chi connectivity index (χ0v) is 19.5. The summed E-state index contributed by atoms with van der Waals surface area (Å²) in [5.41, 5.74) is 1.39. The van der Waals surface area contributed by atoms with E-state index in [0.29, 0.717) is 41.5 Å². The number of nitrogens with zero attached hydrogens (tertiary/aromatic N) is 2. The molecule has 0 aliphatic carbocycles. The maximum absolute atomic E-state index is 12.7. The van der Waals surface area contributed by atoms with Crippen molar-refractivity contribution >= 4 is 49.1 Å². The van der Waals surface area contributed by atoms with Crippen molar-refractivity contribution in [3.63, 3.8) is 0 Å². The predicted molar refractivity (Wildman–Crippen MR) is 124 cm³/mol. The first-order valence-corrected chi connectivity index (χ1v) is 12.7. The molecule has 2 heterocycles. The largest absolute Gasteiger partial charge is 0.378 e. The molecular weight excluding hydrogens is 474 g/mol. The summed E-state index contributed by atoms with van der Waals surface area (Å²) in [6, 6.07) is 11.5. The van der Waals surface area contributed by atoms with Crippen LogP contribution < -0.4 is 9.60 Å². The molecule has 32 heavy (non-hydrogen) atoms. The molecule has 1 saturated heterocycles. The Morgan fingerprint density at radius 1 is 1.12 bits per heavy atom. The minimum absolute atomic E-state index is 0.0230. The third kappa shape index (κ3) is 5.21. The van der Waals surface area contributed by atoms with Crippen molar-refractivity contribution in [2.24, 2.45) is 0 Å². The van der Waals surface area contributed by atoms with Gasteiger partial charge in [-0.2, -0.15) is 0 Å². The van der Waals surface area contributed by atoms with Crippen LogP contribution in [0.25, 0.3) is 10.2 Å². The number of rotatable bonds is 7. The van der Waals surface area contributed by atoms with E-state index in [1.165, 1.54) is 16.7 Å². The van der Waals surface area contributed by atoms with E-state index in [1.54, 1.807) is 35.2 Å². The number of aromatic nitrogens is 1. The first kappa shape index (κ1) is 22.9. The molecule has 11 heteroatoms. The van der Waals surface area contributed by atoms with Gasteiger partial charge >= 0.3 is 4.87 Å². The monoisotopic (exact) mass is 495 g/mol. The fourth-order valence-electron chi connectivity index (χ4n) is 3.47. The number of morpholine rings is 1. The molecular formula is C21H22ClN3O5S2. The average Bonchev–Trinajstić information content (AvgIpc) is 3.11. The van der Waals surface area contributed by atoms with Crippen molar-refractivity contribution < 1.29 is 17.9 Å². The first-order valence-electron chi connectivity index (χ1n) is 10.1. The minimum atomic E-state index is -3.76. The Morgan fingerprint density at radius 3 is 2.56 bits per heavy atom. The van der Waals surface area contributed by atoms with E-state index in [-0.39, 0.29) is 35.2 Å². The Bertz CT molecular complexity index is 1280. The third-order valence-electron chi connectivity index (χ3n) is 5.24. The van der Waals surface area contributed by atoms with E-state index in [0.717, 1.165) is 16.9 Å². The maximum atomic E-state index is 12.7. The van der Waals surface area contributed by atoms with Crippen LogP contribution in [0, 0.1) is 0 Å². The molecule has 0 spiro atoms. The quantitative estimate of drug-likeness (QED) is 0.543. The van der Waals surface area contributed by atoms with E-state index in [9.17, 15) is 18.0 Å². The number of aryl methyl sites for hydroxylation is 1. The molecule has 170 valence electrons. The number of carbonyl (C=O) groups excluding carboxylic acids is 1. The lowest BCUT2D eigenvalue weighted by Gasteiger charge is -2.26. The molecule has 0 saturated carbocycles. The number of carbonyl (C=O) groups is 1. The van der Waals surface area contributed by atoms with E-state index < -0.39 is 10.0 Å². The van der Waals surface area contributed by atoms with Crippen LogP contribution in [0.1, 0.15) is 12.0 Å². The summed E-state index contributed by atoms with van der Waals surface area (Å²) in [7, 11) is -3.76. The van der Waals surface area contributed by atoms with Crippen molar-refractivity contribution in [3.05, 3.63) is 62.7 Å². The van der Waals surface area contributed by atoms with Gasteiger partial charge in [0.15, 0.2) is 0 Å². The van der Waals surface area contributed by atoms with Crippen LogP contribution in [0.5, 0.6) is 0 Å². The number of nitrogens with one attached hydrogen (secondary N) is 1. The van der Waals surface area contributed by atoms with Gasteiger partial charge in [-0.15, -0.1) is 0 Å². The van der Waals surface area contributed by atoms with Gasteiger partial charge in [0.25, 0.3) is 0 Å². The topological polar surface area (TPSA) is 97.7 Å². The molecule has 8 nitrogen and oxygen atoms in total. The number of fused-ring (bicyclic) bond motifs is 1. The first-order chi connectivity index (χ1) is 15.3. The Hall–Kier alpha value is -2.24. The van der Waals surface area contributed by atoms with Crippen molar-refractivity contribution in [1.29, 1.82) is 0 Å². The third-order valence-corrected chi connectivity index (χ3v) is 7.84. The highest BCUT2D eigenvalue weighted by molar-refractivity contribution is 7.89. The molecule has 1 aliphatic heterocycles. The second-order valence-electron chi connectivity index (χ2n) is 7.34. The molecule has 3 aromatic rings. The van der Waals surface area contributed by atoms with Gasteiger partial charge in [-0.25, -0.2) is 13.1 Å². The summed E-state index contributed by atoms with van der Waals surface area (Å²) in [5, 5.41) is 0.577. The smallest absolute Gasteiger partial charge is 0.308 e. The van der Waals surface area contributed by atoms with Gasteiger partial charge in [0.2, 0.25) is 15.9 Å². The number of thiazole rings is 1. The number of ether oxygens (including phenoxy) is 1. The van der Waals surface area contributed by atoms with Gasteiger partial charge in [-0.1, -0.05) is 35.1 Å². The lowest BCUT2D eigenvalue weighted by molar-refractivity contribution is -0.135. The van der Waals surface area contributed by atoms with Crippen LogP contribution in [-0.2, 0) is 32.6 Å². The molecule has 4 rings (SSSR count). The van der Waals surface area contributed by atoms with Gasteiger partial charge in [0.05, 0.1) is 28.3 Å². The van der Waals surface area contributed by atoms with Crippen LogP contribution in [-0.4, -0.2) is 50.1 Å². The molecule has 0 atom stereocenters. The number of halogens is 1. The molecule has 2 aromatic carbocycles. The van der Waals surface area contributed by atoms with Gasteiger partial charge < -0.3 is 9.64 Å². The lowest BCUT2D eigenvalue weighted by atomic mass is 10.2. The number of sulfonamides is 1. The van der Waals surface area contributed by atoms with Crippen molar-refractivity contribution in [2.45, 2.75) is 24.4 Å². The lowest BCUT2D eigenvalue weighted by Crippen LogP contribution is -2.41. The van der Waals surface area contributed by atoms with Crippen LogP contribution in [0.2, 0.25) is 5.02 Å². The van der Waals surface area contributed by atoms with Crippen LogP contribution in [0.15, 0.2) is 52.2 Å². The fourth-order valence-corrected chi connectivity index (χ4v) is 5.67. The van der Waals surface area contributed by atoms with E-state index in [4.69, 9.17) is 16.3 Å². The Labute approximate surface area is 194 Å². The molecule has 1 amide bonds. The normalized spacial score (nSPS) is 14.7. The number of amides is 1. The molecule has 1 aromatic heterocycles. The van der Waals surface area contributed by atoms with Gasteiger partial charge in [0, 0.05) is 37.6 Å². The number of hydrogen-bond acceptors (Lipinski definition) is 6. The number of hydrogen-bond donors (Lipinski definition) is 1. The highest BCUT2D eigenvalue weighted by Gasteiger charge is 2.19. The molecule has 1 fully saturated rings. The fraction of sp³-hybridized carbons (Fsp3) is 0.333. The molecule has 1 N–H and O–H groups in total. The van der Waals surface area contributed by atoms with Gasteiger partial charge in [0.1, 0.15) is 0 Å². The maximum Gasteiger partial charge on any atom is 0.308 e. The second-order valence-corrected chi connectivity index (χ2v) is 10.5. The van der Waals surface area contributed by atoms with Crippen molar-refractivity contribution in [1.82, 2.24) is 14.2 Å². The SMILES string of the molecule is O=C(CCn1c(=O)sc2cc(S(=O)(=O)NCc3ccc(Cl)cc3)ccc21)N1CCOCC1. The van der Waals surface area contributed by atoms with Crippen LogP contribution in [0.4, 0.5) is 0 Å². The molecule has 0 radical (unpaired) electrons. The summed E-state index contributed by atoms with van der Waals surface area (Å²) in [6.45, 7) is 2.53. The molecule has 0 unspecified atom stereocenters. The van der Waals surface area contributed by atoms with Gasteiger partial charge in [-0.05, 0) is 35.9 Å². The Kier molecular flexibility index (Phi) is 6.96. The van der Waals surface area contributed by atoms with E-state index >= 15 is 0 Å². The summed E-state index contributed by atoms with van der Waals surface area (Å²) in [4.78, 5) is 26.5. The standard InChI is InChI=1S/C21H22ClN3O5S2/c22-16-3-1-15(2-4-16)14-23-32(28,29)17-5-6-18-19(13-17)31-21(27)25(18)8-7-20(26)24-9-11-30-12-10-24/h1-6,13,23H,7-12,14H2.